The molecule has 0 saturated carbocycles. The Labute approximate surface area is 114 Å². The van der Waals surface area contributed by atoms with Crippen LogP contribution in [0.2, 0.25) is 5.02 Å². The Morgan fingerprint density at radius 2 is 2.21 bits per heavy atom. The lowest BCUT2D eigenvalue weighted by atomic mass is 10.2. The molecule has 2 aromatic rings. The fourth-order valence-corrected chi connectivity index (χ4v) is 1.81. The lowest BCUT2D eigenvalue weighted by Gasteiger charge is -2.10. The van der Waals surface area contributed by atoms with Crippen LogP contribution in [0.25, 0.3) is 0 Å². The fraction of sp³-hybridized carbons (Fsp3) is 0.154. The van der Waals surface area contributed by atoms with E-state index >= 15 is 0 Å². The summed E-state index contributed by atoms with van der Waals surface area (Å²) in [6, 6.07) is 3.00. The molecule has 0 fully saturated rings. The third-order valence-electron chi connectivity index (χ3n) is 2.70. The molecule has 1 N–H and O–H groups in total. The Balaban J connectivity index is 2.32. The molecule has 0 aliphatic rings. The molecule has 0 aliphatic heterocycles. The van der Waals surface area contributed by atoms with Crippen molar-refractivity contribution in [2.75, 3.05) is 5.32 Å². The number of aromatic nitrogens is 2. The van der Waals surface area contributed by atoms with E-state index in [2.05, 4.69) is 10.3 Å². The van der Waals surface area contributed by atoms with Crippen LogP contribution in [0.15, 0.2) is 35.5 Å². The van der Waals surface area contributed by atoms with Crippen LogP contribution in [0.1, 0.15) is 15.9 Å². The first kappa shape index (κ1) is 13.3. The number of amides is 1. The third kappa shape index (κ3) is 2.82. The minimum absolute atomic E-state index is 0.127. The molecule has 0 aromatic carbocycles. The van der Waals surface area contributed by atoms with Crippen LogP contribution >= 0.6 is 11.6 Å². The van der Waals surface area contributed by atoms with Crippen LogP contribution in [-0.4, -0.2) is 15.5 Å². The number of carbonyl (C=O) groups is 1. The van der Waals surface area contributed by atoms with E-state index in [0.29, 0.717) is 16.8 Å². The predicted molar refractivity (Wildman–Crippen MR) is 73.6 cm³/mol. The van der Waals surface area contributed by atoms with Crippen molar-refractivity contribution in [1.82, 2.24) is 9.55 Å². The van der Waals surface area contributed by atoms with Crippen molar-refractivity contribution in [2.24, 2.45) is 7.05 Å². The predicted octanol–water partition coefficient (Wildman–Crippen LogP) is 1.99. The number of rotatable bonds is 2. The second-order valence-electron chi connectivity index (χ2n) is 4.13. The zero-order chi connectivity index (χ0) is 14.0. The Morgan fingerprint density at radius 1 is 1.47 bits per heavy atom. The van der Waals surface area contributed by atoms with Crippen molar-refractivity contribution in [3.8, 4) is 0 Å². The van der Waals surface area contributed by atoms with E-state index < -0.39 is 0 Å². The van der Waals surface area contributed by atoms with Crippen molar-refractivity contribution < 1.29 is 4.79 Å². The van der Waals surface area contributed by atoms with Gasteiger partial charge in [-0.25, -0.2) is 0 Å². The Hall–Kier alpha value is -2.14. The number of carbonyl (C=O) groups excluding carboxylic acids is 1. The van der Waals surface area contributed by atoms with E-state index in [1.54, 1.807) is 20.2 Å². The molecular weight excluding hydrogens is 266 g/mol. The average Bonchev–Trinajstić information content (AvgIpc) is 2.36. The van der Waals surface area contributed by atoms with Crippen molar-refractivity contribution in [3.63, 3.8) is 0 Å². The molecule has 5 nitrogen and oxygen atoms in total. The van der Waals surface area contributed by atoms with Gasteiger partial charge < -0.3 is 9.88 Å². The van der Waals surface area contributed by atoms with E-state index in [9.17, 15) is 9.59 Å². The van der Waals surface area contributed by atoms with E-state index in [1.165, 1.54) is 29.1 Å². The van der Waals surface area contributed by atoms with Crippen LogP contribution in [0, 0.1) is 6.92 Å². The Bertz CT molecular complexity index is 695. The summed E-state index contributed by atoms with van der Waals surface area (Å²) in [7, 11) is 1.62. The lowest BCUT2D eigenvalue weighted by molar-refractivity contribution is 0.102. The molecule has 0 saturated heterocycles. The van der Waals surface area contributed by atoms with Crippen LogP contribution in [-0.2, 0) is 7.05 Å². The van der Waals surface area contributed by atoms with Gasteiger partial charge >= 0.3 is 0 Å². The first-order valence-electron chi connectivity index (χ1n) is 5.57. The maximum absolute atomic E-state index is 12.1. The summed E-state index contributed by atoms with van der Waals surface area (Å²) in [5.74, 6) is -0.339. The minimum Gasteiger partial charge on any atom is -0.320 e. The number of pyridine rings is 2. The highest BCUT2D eigenvalue weighted by atomic mass is 35.5. The lowest BCUT2D eigenvalue weighted by Crippen LogP contribution is -2.19. The largest absolute Gasteiger partial charge is 0.320 e. The van der Waals surface area contributed by atoms with Gasteiger partial charge in [-0.1, -0.05) is 11.6 Å². The van der Waals surface area contributed by atoms with Gasteiger partial charge in [0.15, 0.2) is 0 Å². The molecule has 98 valence electrons. The van der Waals surface area contributed by atoms with Gasteiger partial charge in [-0.3, -0.25) is 14.6 Å². The second-order valence-corrected chi connectivity index (χ2v) is 4.54. The number of nitrogens with one attached hydrogen (secondary N) is 1. The Morgan fingerprint density at radius 3 is 2.89 bits per heavy atom. The zero-order valence-corrected chi connectivity index (χ0v) is 11.2. The quantitative estimate of drug-likeness (QED) is 0.913. The minimum atomic E-state index is -0.339. The topological polar surface area (TPSA) is 64.0 Å². The summed E-state index contributed by atoms with van der Waals surface area (Å²) in [5, 5.41) is 3.00. The molecule has 2 rings (SSSR count). The number of anilines is 1. The molecule has 0 aliphatic carbocycles. The molecule has 19 heavy (non-hydrogen) atoms. The molecular formula is C13H12ClN3O2. The molecule has 0 atom stereocenters. The van der Waals surface area contributed by atoms with Crippen molar-refractivity contribution >= 4 is 23.2 Å². The number of halogens is 1. The second kappa shape index (κ2) is 5.24. The number of hydrogen-bond donors (Lipinski definition) is 1. The van der Waals surface area contributed by atoms with Gasteiger partial charge in [0.05, 0.1) is 16.3 Å². The summed E-state index contributed by atoms with van der Waals surface area (Å²) in [5.41, 5.74) is 1.48. The van der Waals surface area contributed by atoms with Crippen LogP contribution < -0.4 is 10.9 Å². The summed E-state index contributed by atoms with van der Waals surface area (Å²) < 4.78 is 1.40. The van der Waals surface area contributed by atoms with Gasteiger partial charge in [0.1, 0.15) is 0 Å². The molecule has 0 spiro atoms. The normalized spacial score (nSPS) is 10.3. The molecule has 2 heterocycles. The van der Waals surface area contributed by atoms with Gasteiger partial charge in [0.2, 0.25) is 0 Å². The van der Waals surface area contributed by atoms with E-state index in [4.69, 9.17) is 11.6 Å². The van der Waals surface area contributed by atoms with E-state index in [0.717, 1.165) is 0 Å². The highest BCUT2D eigenvalue weighted by Crippen LogP contribution is 2.17. The standard InChI is InChI=1S/C13H12ClN3O2/c1-8-5-12(18)17(2)7-11(8)16-13(19)9-3-4-15-6-10(9)14/h3-7H,1-2H3,(H,16,19). The summed E-state index contributed by atoms with van der Waals surface area (Å²) in [4.78, 5) is 27.3. The maximum atomic E-state index is 12.1. The average molecular weight is 278 g/mol. The van der Waals surface area contributed by atoms with Crippen LogP contribution in [0.5, 0.6) is 0 Å². The Kier molecular flexibility index (Phi) is 3.66. The van der Waals surface area contributed by atoms with Crippen LogP contribution in [0.3, 0.4) is 0 Å². The highest BCUT2D eigenvalue weighted by molar-refractivity contribution is 6.34. The smallest absolute Gasteiger partial charge is 0.257 e. The summed E-state index contributed by atoms with van der Waals surface area (Å²) in [6.07, 6.45) is 4.48. The fourth-order valence-electron chi connectivity index (χ4n) is 1.60. The highest BCUT2D eigenvalue weighted by Gasteiger charge is 2.12. The molecule has 0 bridgehead atoms. The van der Waals surface area contributed by atoms with E-state index in [-0.39, 0.29) is 16.5 Å². The molecule has 1 amide bonds. The van der Waals surface area contributed by atoms with E-state index in [1.807, 2.05) is 0 Å². The molecule has 2 aromatic heterocycles. The van der Waals surface area contributed by atoms with Gasteiger partial charge in [-0.2, -0.15) is 0 Å². The van der Waals surface area contributed by atoms with Gasteiger partial charge in [-0.15, -0.1) is 0 Å². The van der Waals surface area contributed by atoms with Crippen molar-refractivity contribution in [2.45, 2.75) is 6.92 Å². The number of nitrogens with zero attached hydrogens (tertiary/aromatic N) is 2. The summed E-state index contributed by atoms with van der Waals surface area (Å²) >= 11 is 5.90. The van der Waals surface area contributed by atoms with Gasteiger partial charge in [0, 0.05) is 31.7 Å². The molecule has 6 heteroatoms. The molecule has 0 unspecified atom stereocenters. The maximum Gasteiger partial charge on any atom is 0.257 e. The number of hydrogen-bond acceptors (Lipinski definition) is 3. The zero-order valence-electron chi connectivity index (χ0n) is 10.5. The number of aryl methyl sites for hydroxylation is 2. The SMILES string of the molecule is Cc1cc(=O)n(C)cc1NC(=O)c1ccncc1Cl. The summed E-state index contributed by atoms with van der Waals surface area (Å²) in [6.45, 7) is 1.76. The monoisotopic (exact) mass is 277 g/mol. The van der Waals surface area contributed by atoms with Crippen molar-refractivity contribution in [3.05, 3.63) is 57.2 Å². The van der Waals surface area contributed by atoms with Crippen LogP contribution in [0.4, 0.5) is 5.69 Å². The van der Waals surface area contributed by atoms with Crippen molar-refractivity contribution in [1.29, 1.82) is 0 Å². The third-order valence-corrected chi connectivity index (χ3v) is 3.00. The van der Waals surface area contributed by atoms with Gasteiger partial charge in [0.25, 0.3) is 11.5 Å². The first-order chi connectivity index (χ1) is 8.99. The molecule has 0 radical (unpaired) electrons. The van der Waals surface area contributed by atoms with Gasteiger partial charge in [-0.05, 0) is 18.6 Å². The first-order valence-corrected chi connectivity index (χ1v) is 5.95.